The van der Waals surface area contributed by atoms with Gasteiger partial charge in [-0.1, -0.05) is 19.8 Å². The van der Waals surface area contributed by atoms with E-state index in [1.54, 1.807) is 0 Å². The van der Waals surface area contributed by atoms with E-state index in [1.807, 2.05) is 0 Å². The van der Waals surface area contributed by atoms with Crippen LogP contribution in [0.4, 0.5) is 0 Å². The second-order valence-electron chi connectivity index (χ2n) is 6.31. The molecule has 0 amide bonds. The molecule has 2 aliphatic rings. The molecule has 3 heteroatoms. The Morgan fingerprint density at radius 3 is 2.79 bits per heavy atom. The van der Waals surface area contributed by atoms with Gasteiger partial charge in [-0.15, -0.1) is 0 Å². The lowest BCUT2D eigenvalue weighted by Crippen LogP contribution is -2.49. The Balaban J connectivity index is 1.78. The third-order valence-electron chi connectivity index (χ3n) is 4.83. The highest BCUT2D eigenvalue weighted by Gasteiger charge is 2.33. The zero-order valence-electron chi connectivity index (χ0n) is 12.8. The lowest BCUT2D eigenvalue weighted by molar-refractivity contribution is 0.202. The Kier molecular flexibility index (Phi) is 7.03. The number of rotatable bonds is 7. The average Bonchev–Trinajstić information content (AvgIpc) is 2.93. The summed E-state index contributed by atoms with van der Waals surface area (Å²) in [5.74, 6) is 3.45. The lowest BCUT2D eigenvalue weighted by atomic mass is 9.79. The van der Waals surface area contributed by atoms with Gasteiger partial charge in [0, 0.05) is 18.1 Å². The first kappa shape index (κ1) is 15.7. The van der Waals surface area contributed by atoms with Gasteiger partial charge in [0.1, 0.15) is 0 Å². The first-order chi connectivity index (χ1) is 9.31. The zero-order chi connectivity index (χ0) is 13.5. The first-order valence-corrected chi connectivity index (χ1v) is 9.54. The largest absolute Gasteiger partial charge is 0.314 e. The third kappa shape index (κ3) is 4.95. The van der Waals surface area contributed by atoms with Gasteiger partial charge in [0.25, 0.3) is 0 Å². The summed E-state index contributed by atoms with van der Waals surface area (Å²) in [6.07, 6.45) is 9.82. The Bertz CT molecular complexity index is 241. The molecule has 0 aromatic carbocycles. The van der Waals surface area contributed by atoms with Crippen molar-refractivity contribution in [1.82, 2.24) is 10.6 Å². The number of nitrogens with one attached hydrogen (secondary N) is 2. The van der Waals surface area contributed by atoms with E-state index < -0.39 is 0 Å². The second-order valence-corrected chi connectivity index (χ2v) is 7.70. The van der Waals surface area contributed by atoms with E-state index in [0.29, 0.717) is 6.04 Å². The molecule has 1 heterocycles. The maximum absolute atomic E-state index is 3.95. The van der Waals surface area contributed by atoms with Crippen LogP contribution in [0.2, 0.25) is 0 Å². The molecule has 1 aliphatic heterocycles. The van der Waals surface area contributed by atoms with Crippen LogP contribution in [0.3, 0.4) is 0 Å². The van der Waals surface area contributed by atoms with Crippen molar-refractivity contribution in [2.45, 2.75) is 76.9 Å². The van der Waals surface area contributed by atoms with Crippen LogP contribution in [0, 0.1) is 5.92 Å². The Labute approximate surface area is 123 Å². The van der Waals surface area contributed by atoms with E-state index in [9.17, 15) is 0 Å². The molecule has 112 valence electrons. The van der Waals surface area contributed by atoms with Gasteiger partial charge in [0.2, 0.25) is 0 Å². The highest BCUT2D eigenvalue weighted by molar-refractivity contribution is 7.99. The molecule has 0 radical (unpaired) electrons. The van der Waals surface area contributed by atoms with E-state index in [4.69, 9.17) is 0 Å². The normalized spacial score (nSPS) is 33.5. The third-order valence-corrected chi connectivity index (χ3v) is 5.77. The summed E-state index contributed by atoms with van der Waals surface area (Å²) < 4.78 is 0. The number of hydrogen-bond acceptors (Lipinski definition) is 3. The van der Waals surface area contributed by atoms with E-state index in [2.05, 4.69) is 36.2 Å². The predicted molar refractivity (Wildman–Crippen MR) is 87.0 cm³/mol. The Morgan fingerprint density at radius 1 is 1.21 bits per heavy atom. The fourth-order valence-corrected chi connectivity index (χ4v) is 4.59. The fraction of sp³-hybridized carbons (Fsp3) is 1.00. The first-order valence-electron chi connectivity index (χ1n) is 8.38. The van der Waals surface area contributed by atoms with Crippen LogP contribution in [-0.4, -0.2) is 36.2 Å². The number of hydrogen-bond donors (Lipinski definition) is 2. The summed E-state index contributed by atoms with van der Waals surface area (Å²) in [4.78, 5) is 0. The van der Waals surface area contributed by atoms with Gasteiger partial charge in [0.05, 0.1) is 0 Å². The molecule has 2 rings (SSSR count). The molecule has 4 atom stereocenters. The summed E-state index contributed by atoms with van der Waals surface area (Å²) >= 11 is 2.07. The van der Waals surface area contributed by atoms with Gasteiger partial charge < -0.3 is 10.6 Å². The van der Waals surface area contributed by atoms with E-state index >= 15 is 0 Å². The minimum atomic E-state index is 0.686. The molecular formula is C16H32N2S. The van der Waals surface area contributed by atoms with Crippen molar-refractivity contribution in [2.24, 2.45) is 5.92 Å². The highest BCUT2D eigenvalue weighted by atomic mass is 32.2. The molecule has 2 fully saturated rings. The monoisotopic (exact) mass is 284 g/mol. The minimum Gasteiger partial charge on any atom is -0.314 e. The van der Waals surface area contributed by atoms with E-state index in [-0.39, 0.29) is 0 Å². The van der Waals surface area contributed by atoms with Crippen molar-refractivity contribution < 1.29 is 0 Å². The molecular weight excluding hydrogens is 252 g/mol. The molecule has 0 aromatic heterocycles. The Hall–Kier alpha value is 0.270. The molecule has 0 bridgehead atoms. The summed E-state index contributed by atoms with van der Waals surface area (Å²) in [5.41, 5.74) is 0. The van der Waals surface area contributed by atoms with Gasteiger partial charge in [-0.05, 0) is 63.0 Å². The van der Waals surface area contributed by atoms with E-state index in [0.717, 1.165) is 18.0 Å². The van der Waals surface area contributed by atoms with Crippen molar-refractivity contribution in [3.05, 3.63) is 0 Å². The summed E-state index contributed by atoms with van der Waals surface area (Å²) in [6.45, 7) is 5.88. The van der Waals surface area contributed by atoms with Gasteiger partial charge in [-0.2, -0.15) is 11.8 Å². The van der Waals surface area contributed by atoms with Crippen LogP contribution < -0.4 is 10.6 Å². The SMILES string of the molecule is CCSCCC(C)NC1CCCCC1C1CCCN1. The van der Waals surface area contributed by atoms with Gasteiger partial charge in [0.15, 0.2) is 0 Å². The molecule has 0 aromatic rings. The fourth-order valence-electron chi connectivity index (χ4n) is 3.78. The maximum Gasteiger partial charge on any atom is 0.0113 e. The molecule has 2 N–H and O–H groups in total. The molecule has 19 heavy (non-hydrogen) atoms. The topological polar surface area (TPSA) is 24.1 Å². The molecule has 0 spiro atoms. The summed E-state index contributed by atoms with van der Waals surface area (Å²) in [7, 11) is 0. The van der Waals surface area contributed by atoms with Crippen molar-refractivity contribution in [3.8, 4) is 0 Å². The molecule has 4 unspecified atom stereocenters. The van der Waals surface area contributed by atoms with Crippen LogP contribution in [0.5, 0.6) is 0 Å². The van der Waals surface area contributed by atoms with Crippen LogP contribution >= 0.6 is 11.8 Å². The lowest BCUT2D eigenvalue weighted by Gasteiger charge is -2.38. The Morgan fingerprint density at radius 2 is 2.05 bits per heavy atom. The van der Waals surface area contributed by atoms with Crippen molar-refractivity contribution in [2.75, 3.05) is 18.1 Å². The highest BCUT2D eigenvalue weighted by Crippen LogP contribution is 2.31. The van der Waals surface area contributed by atoms with Crippen molar-refractivity contribution in [3.63, 3.8) is 0 Å². The molecule has 1 saturated carbocycles. The minimum absolute atomic E-state index is 0.686. The van der Waals surface area contributed by atoms with E-state index in [1.165, 1.54) is 63.0 Å². The number of thioether (sulfide) groups is 1. The van der Waals surface area contributed by atoms with Crippen molar-refractivity contribution >= 4 is 11.8 Å². The quantitative estimate of drug-likeness (QED) is 0.701. The smallest absolute Gasteiger partial charge is 0.0113 e. The van der Waals surface area contributed by atoms with Crippen molar-refractivity contribution in [1.29, 1.82) is 0 Å². The van der Waals surface area contributed by atoms with Gasteiger partial charge in [-0.25, -0.2) is 0 Å². The van der Waals surface area contributed by atoms with Gasteiger partial charge >= 0.3 is 0 Å². The van der Waals surface area contributed by atoms with Crippen LogP contribution in [-0.2, 0) is 0 Å². The zero-order valence-corrected chi connectivity index (χ0v) is 13.6. The average molecular weight is 285 g/mol. The van der Waals surface area contributed by atoms with Crippen LogP contribution in [0.25, 0.3) is 0 Å². The summed E-state index contributed by atoms with van der Waals surface area (Å²) in [5, 5.41) is 7.69. The molecule has 2 nitrogen and oxygen atoms in total. The molecule has 1 aliphatic carbocycles. The van der Waals surface area contributed by atoms with Crippen LogP contribution in [0.1, 0.15) is 58.8 Å². The van der Waals surface area contributed by atoms with Gasteiger partial charge in [-0.3, -0.25) is 0 Å². The maximum atomic E-state index is 3.95. The molecule has 1 saturated heterocycles. The predicted octanol–water partition coefficient (Wildman–Crippen LogP) is 3.42. The van der Waals surface area contributed by atoms with Crippen LogP contribution in [0.15, 0.2) is 0 Å². The second kappa shape index (κ2) is 8.53. The standard InChI is InChI=1S/C16H32N2S/c1-3-19-12-10-13(2)18-16-8-5-4-7-14(16)15-9-6-11-17-15/h13-18H,3-12H2,1-2H3. The summed E-state index contributed by atoms with van der Waals surface area (Å²) in [6, 6.07) is 2.26.